The monoisotopic (exact) mass is 394 g/mol. The number of rotatable bonds is 5. The molecule has 1 saturated carbocycles. The largest absolute Gasteiger partial charge is 0.481 e. The molecule has 0 saturated heterocycles. The van der Waals surface area contributed by atoms with Gasteiger partial charge >= 0.3 is 0 Å². The van der Waals surface area contributed by atoms with E-state index in [-0.39, 0.29) is 17.7 Å². The number of sulfone groups is 1. The van der Waals surface area contributed by atoms with Crippen LogP contribution in [0.4, 0.5) is 5.69 Å². The van der Waals surface area contributed by atoms with Gasteiger partial charge < -0.3 is 10.1 Å². The smallest absolute Gasteiger partial charge is 0.246 e. The lowest BCUT2D eigenvalue weighted by molar-refractivity contribution is -0.118. The molecular weight excluding hydrogens is 376 g/mol. The molecule has 0 unspecified atom stereocenters. The molecule has 0 bridgehead atoms. The molecule has 26 heavy (non-hydrogen) atoms. The molecule has 1 aliphatic rings. The summed E-state index contributed by atoms with van der Waals surface area (Å²) in [5.74, 6) is -0.121. The summed E-state index contributed by atoms with van der Waals surface area (Å²) in [4.78, 5) is 17.1. The van der Waals surface area contributed by atoms with E-state index < -0.39 is 20.5 Å². The lowest BCUT2D eigenvalue weighted by Gasteiger charge is -2.27. The van der Waals surface area contributed by atoms with E-state index in [0.717, 1.165) is 0 Å². The number of anilines is 1. The van der Waals surface area contributed by atoms with Crippen molar-refractivity contribution >= 4 is 33.0 Å². The van der Waals surface area contributed by atoms with Gasteiger partial charge in [0.2, 0.25) is 11.8 Å². The van der Waals surface area contributed by atoms with Crippen LogP contribution in [0.5, 0.6) is 5.88 Å². The Kier molecular flexibility index (Phi) is 5.20. The van der Waals surface area contributed by atoms with Crippen LogP contribution < -0.4 is 10.1 Å². The Morgan fingerprint density at radius 1 is 1.15 bits per heavy atom. The highest BCUT2D eigenvalue weighted by Crippen LogP contribution is 2.41. The maximum atomic E-state index is 13.3. The second kappa shape index (κ2) is 7.25. The number of ether oxygens (including phenoxy) is 1. The molecule has 138 valence electrons. The minimum absolute atomic E-state index is 0.104. The van der Waals surface area contributed by atoms with E-state index in [2.05, 4.69) is 10.3 Å². The molecule has 3 rings (SSSR count). The second-order valence-electron chi connectivity index (χ2n) is 6.20. The molecule has 1 fully saturated rings. The number of benzene rings is 1. The van der Waals surface area contributed by atoms with Gasteiger partial charge in [-0.15, -0.1) is 0 Å². The number of amides is 1. The molecule has 1 heterocycles. The third kappa shape index (κ3) is 3.29. The van der Waals surface area contributed by atoms with Gasteiger partial charge in [-0.25, -0.2) is 13.4 Å². The molecule has 1 aromatic carbocycles. The third-order valence-corrected chi connectivity index (χ3v) is 7.43. The maximum absolute atomic E-state index is 13.3. The van der Waals surface area contributed by atoms with Crippen LogP contribution in [0.15, 0.2) is 47.5 Å². The number of pyridine rings is 1. The number of hydrogen-bond acceptors (Lipinski definition) is 5. The summed E-state index contributed by atoms with van der Waals surface area (Å²) in [5, 5.41) is 3.14. The van der Waals surface area contributed by atoms with Crippen LogP contribution in [0.25, 0.3) is 0 Å². The van der Waals surface area contributed by atoms with Crippen LogP contribution >= 0.6 is 11.6 Å². The SMILES string of the molecule is COc1ccc(NC(=O)C2(S(=O)(=O)c3ccc(Cl)cc3)CCCC2)cn1. The number of halogens is 1. The highest BCUT2D eigenvalue weighted by Gasteiger charge is 2.52. The first kappa shape index (κ1) is 18.7. The fraction of sp³-hybridized carbons (Fsp3) is 0.333. The van der Waals surface area contributed by atoms with Crippen molar-refractivity contribution in [3.8, 4) is 5.88 Å². The molecule has 0 radical (unpaired) electrons. The van der Waals surface area contributed by atoms with Gasteiger partial charge in [0.05, 0.1) is 23.9 Å². The van der Waals surface area contributed by atoms with Gasteiger partial charge in [0, 0.05) is 11.1 Å². The normalized spacial score (nSPS) is 16.2. The summed E-state index contributed by atoms with van der Waals surface area (Å²) in [5.41, 5.74) is 0.424. The summed E-state index contributed by atoms with van der Waals surface area (Å²) >= 11 is 5.86. The Bertz CT molecular complexity index is 890. The van der Waals surface area contributed by atoms with Crippen molar-refractivity contribution in [2.45, 2.75) is 35.3 Å². The maximum Gasteiger partial charge on any atom is 0.246 e. The van der Waals surface area contributed by atoms with Crippen molar-refractivity contribution in [1.29, 1.82) is 0 Å². The minimum atomic E-state index is -3.87. The van der Waals surface area contributed by atoms with Crippen molar-refractivity contribution in [1.82, 2.24) is 4.98 Å². The number of hydrogen-bond donors (Lipinski definition) is 1. The van der Waals surface area contributed by atoms with Gasteiger partial charge in [-0.2, -0.15) is 0 Å². The molecule has 0 aliphatic heterocycles. The number of nitrogens with zero attached hydrogens (tertiary/aromatic N) is 1. The van der Waals surface area contributed by atoms with E-state index in [1.807, 2.05) is 0 Å². The average molecular weight is 395 g/mol. The van der Waals surface area contributed by atoms with Crippen LogP contribution in [0, 0.1) is 0 Å². The molecular formula is C18H19ClN2O4S. The number of carbonyl (C=O) groups is 1. The molecule has 1 N–H and O–H groups in total. The molecule has 1 aromatic heterocycles. The van der Waals surface area contributed by atoms with Crippen molar-refractivity contribution in [2.24, 2.45) is 0 Å². The Hall–Kier alpha value is -2.12. The molecule has 0 atom stereocenters. The van der Waals surface area contributed by atoms with E-state index in [4.69, 9.17) is 16.3 Å². The molecule has 6 nitrogen and oxygen atoms in total. The first-order valence-electron chi connectivity index (χ1n) is 8.21. The summed E-state index contributed by atoms with van der Waals surface area (Å²) in [6.07, 6.45) is 3.37. The van der Waals surface area contributed by atoms with Crippen molar-refractivity contribution in [3.05, 3.63) is 47.6 Å². The summed E-state index contributed by atoms with van der Waals surface area (Å²) in [6.45, 7) is 0. The molecule has 8 heteroatoms. The van der Waals surface area contributed by atoms with Crippen molar-refractivity contribution < 1.29 is 17.9 Å². The van der Waals surface area contributed by atoms with Crippen molar-refractivity contribution in [3.63, 3.8) is 0 Å². The fourth-order valence-electron chi connectivity index (χ4n) is 3.22. The van der Waals surface area contributed by atoms with Crippen LogP contribution in [-0.2, 0) is 14.6 Å². The van der Waals surface area contributed by atoms with E-state index >= 15 is 0 Å². The lowest BCUT2D eigenvalue weighted by Crippen LogP contribution is -2.47. The minimum Gasteiger partial charge on any atom is -0.481 e. The second-order valence-corrected chi connectivity index (χ2v) is 8.90. The summed E-state index contributed by atoms with van der Waals surface area (Å²) < 4.78 is 30.0. The predicted octanol–water partition coefficient (Wildman–Crippen LogP) is 3.47. The number of methoxy groups -OCH3 is 1. The van der Waals surface area contributed by atoms with E-state index in [0.29, 0.717) is 29.4 Å². The van der Waals surface area contributed by atoms with Gasteiger partial charge in [-0.1, -0.05) is 24.4 Å². The summed E-state index contributed by atoms with van der Waals surface area (Å²) in [7, 11) is -2.37. The standard InChI is InChI=1S/C18H19ClN2O4S/c1-25-16-9-6-14(12-20-16)21-17(22)18(10-2-3-11-18)26(23,24)15-7-4-13(19)5-8-15/h4-9,12H,2-3,10-11H2,1H3,(H,21,22). The van der Waals surface area contributed by atoms with E-state index in [1.165, 1.54) is 37.6 Å². The van der Waals surface area contributed by atoms with Gasteiger partial charge in [-0.3, -0.25) is 4.79 Å². The van der Waals surface area contributed by atoms with Crippen LogP contribution in [0.3, 0.4) is 0 Å². The zero-order valence-electron chi connectivity index (χ0n) is 14.2. The average Bonchev–Trinajstić information content (AvgIpc) is 3.14. The first-order chi connectivity index (χ1) is 12.4. The van der Waals surface area contributed by atoms with Crippen LogP contribution in [-0.4, -0.2) is 31.2 Å². The third-order valence-electron chi connectivity index (χ3n) is 4.67. The van der Waals surface area contributed by atoms with Gasteiger partial charge in [0.15, 0.2) is 14.6 Å². The fourth-order valence-corrected chi connectivity index (χ4v) is 5.42. The Morgan fingerprint density at radius 3 is 2.35 bits per heavy atom. The first-order valence-corrected chi connectivity index (χ1v) is 10.1. The van der Waals surface area contributed by atoms with Crippen molar-refractivity contribution in [2.75, 3.05) is 12.4 Å². The van der Waals surface area contributed by atoms with Crippen LogP contribution in [0.1, 0.15) is 25.7 Å². The van der Waals surface area contributed by atoms with E-state index in [9.17, 15) is 13.2 Å². The Morgan fingerprint density at radius 2 is 1.81 bits per heavy atom. The molecule has 1 aliphatic carbocycles. The molecule has 2 aromatic rings. The molecule has 1 amide bonds. The topological polar surface area (TPSA) is 85.4 Å². The quantitative estimate of drug-likeness (QED) is 0.839. The van der Waals surface area contributed by atoms with E-state index in [1.54, 1.807) is 12.1 Å². The Labute approximate surface area is 157 Å². The summed E-state index contributed by atoms with van der Waals surface area (Å²) in [6, 6.07) is 9.15. The molecule has 0 spiro atoms. The van der Waals surface area contributed by atoms with Gasteiger partial charge in [0.25, 0.3) is 0 Å². The van der Waals surface area contributed by atoms with Gasteiger partial charge in [0.1, 0.15) is 0 Å². The predicted molar refractivity (Wildman–Crippen MR) is 99.3 cm³/mol. The van der Waals surface area contributed by atoms with Crippen LogP contribution in [0.2, 0.25) is 5.02 Å². The lowest BCUT2D eigenvalue weighted by atomic mass is 10.1. The highest BCUT2D eigenvalue weighted by atomic mass is 35.5. The number of nitrogens with one attached hydrogen (secondary N) is 1. The van der Waals surface area contributed by atoms with Gasteiger partial charge in [-0.05, 0) is 43.2 Å². The number of carbonyl (C=O) groups excluding carboxylic acids is 1. The highest BCUT2D eigenvalue weighted by molar-refractivity contribution is 7.93. The zero-order valence-corrected chi connectivity index (χ0v) is 15.8. The zero-order chi connectivity index (χ0) is 18.8. The number of aromatic nitrogens is 1. The Balaban J connectivity index is 1.93.